The molecule has 1 aliphatic heterocycles. The summed E-state index contributed by atoms with van der Waals surface area (Å²) < 4.78 is 0.733. The number of aromatic nitrogens is 2. The van der Waals surface area contributed by atoms with Crippen LogP contribution in [0.1, 0.15) is 6.42 Å². The van der Waals surface area contributed by atoms with Crippen LogP contribution in [0.3, 0.4) is 0 Å². The number of anilines is 1. The zero-order chi connectivity index (χ0) is 14.1. The summed E-state index contributed by atoms with van der Waals surface area (Å²) >= 11 is 11.4. The molecule has 0 aromatic carbocycles. The molecule has 0 radical (unpaired) electrons. The Kier molecular flexibility index (Phi) is 3.92. The molecule has 20 heavy (non-hydrogen) atoms. The van der Waals surface area contributed by atoms with Gasteiger partial charge in [0, 0.05) is 25.0 Å². The van der Waals surface area contributed by atoms with E-state index in [0.717, 1.165) is 54.0 Å². The first-order valence-corrected chi connectivity index (χ1v) is 7.55. The average molecular weight is 309 g/mol. The third kappa shape index (κ3) is 2.80. The number of likely N-dealkylation sites (N-methyl/N-ethyl adjacent to an activating group) is 1. The first-order valence-electron chi connectivity index (χ1n) is 6.76. The lowest BCUT2D eigenvalue weighted by atomic mass is 10.2. The largest absolute Gasteiger partial charge is 0.368 e. The van der Waals surface area contributed by atoms with Crippen molar-refractivity contribution in [1.29, 1.82) is 0 Å². The maximum Gasteiger partial charge on any atom is 0.140 e. The number of halogens is 1. The van der Waals surface area contributed by atoms with Gasteiger partial charge < -0.3 is 14.8 Å². The molecule has 1 aliphatic rings. The lowest BCUT2D eigenvalue weighted by molar-refractivity contribution is 0.360. The number of nitrogens with one attached hydrogen (secondary N) is 1. The SMILES string of the molecule is CN1CCCN(c2cc3ccc(Cl)nc3[nH]c2=S)CC1. The molecule has 4 nitrogen and oxygen atoms in total. The van der Waals surface area contributed by atoms with Gasteiger partial charge in [-0.15, -0.1) is 0 Å². The molecule has 1 N–H and O–H groups in total. The molecule has 0 aliphatic carbocycles. The van der Waals surface area contributed by atoms with E-state index in [4.69, 9.17) is 23.8 Å². The van der Waals surface area contributed by atoms with Crippen LogP contribution in [0.25, 0.3) is 11.0 Å². The molecule has 1 fully saturated rings. The van der Waals surface area contributed by atoms with Crippen LogP contribution in [0.5, 0.6) is 0 Å². The number of H-pyrrole nitrogens is 1. The molecule has 6 heteroatoms. The highest BCUT2D eigenvalue weighted by Crippen LogP contribution is 2.23. The molecule has 0 unspecified atom stereocenters. The number of fused-ring (bicyclic) bond motifs is 1. The maximum absolute atomic E-state index is 5.92. The van der Waals surface area contributed by atoms with Gasteiger partial charge in [0.15, 0.2) is 0 Å². The lowest BCUT2D eigenvalue weighted by Crippen LogP contribution is -2.29. The summed E-state index contributed by atoms with van der Waals surface area (Å²) in [5, 5.41) is 1.52. The van der Waals surface area contributed by atoms with Gasteiger partial charge in [0.05, 0.1) is 5.69 Å². The summed E-state index contributed by atoms with van der Waals surface area (Å²) in [6, 6.07) is 5.90. The molecule has 0 amide bonds. The van der Waals surface area contributed by atoms with Crippen molar-refractivity contribution < 1.29 is 0 Å². The van der Waals surface area contributed by atoms with E-state index >= 15 is 0 Å². The normalized spacial score (nSPS) is 17.4. The second-order valence-corrected chi connectivity index (χ2v) is 5.99. The summed E-state index contributed by atoms with van der Waals surface area (Å²) in [6.45, 7) is 4.23. The van der Waals surface area contributed by atoms with Crippen LogP contribution in [-0.4, -0.2) is 48.1 Å². The number of hydrogen-bond acceptors (Lipinski definition) is 4. The summed E-state index contributed by atoms with van der Waals surface area (Å²) in [5.41, 5.74) is 1.84. The van der Waals surface area contributed by atoms with E-state index in [1.807, 2.05) is 6.07 Å². The van der Waals surface area contributed by atoms with Gasteiger partial charge in [-0.25, -0.2) is 4.98 Å². The van der Waals surface area contributed by atoms with Crippen LogP contribution in [0.15, 0.2) is 18.2 Å². The number of pyridine rings is 2. The minimum Gasteiger partial charge on any atom is -0.368 e. The topological polar surface area (TPSA) is 35.2 Å². The molecule has 106 valence electrons. The summed E-state index contributed by atoms with van der Waals surface area (Å²) in [5.74, 6) is 0. The minimum absolute atomic E-state index is 0.479. The number of rotatable bonds is 1. The standard InChI is InChI=1S/C14H17ClN4S/c1-18-5-2-6-19(8-7-18)11-9-10-3-4-12(15)16-13(10)17-14(11)20/h3-4,9H,2,5-8H2,1H3,(H,16,17,20). The second kappa shape index (κ2) is 5.68. The molecule has 2 aromatic heterocycles. The molecule has 2 aromatic rings. The molecule has 0 atom stereocenters. The van der Waals surface area contributed by atoms with Gasteiger partial charge in [0.25, 0.3) is 0 Å². The lowest BCUT2D eigenvalue weighted by Gasteiger charge is -2.23. The molecule has 0 spiro atoms. The molecule has 0 saturated carbocycles. The van der Waals surface area contributed by atoms with Crippen molar-refractivity contribution >= 4 is 40.5 Å². The van der Waals surface area contributed by atoms with Crippen LogP contribution >= 0.6 is 23.8 Å². The van der Waals surface area contributed by atoms with Gasteiger partial charge in [-0.3, -0.25) is 0 Å². The predicted molar refractivity (Wildman–Crippen MR) is 86.3 cm³/mol. The Morgan fingerprint density at radius 3 is 2.95 bits per heavy atom. The Bertz CT molecular complexity index is 684. The first kappa shape index (κ1) is 13.8. The van der Waals surface area contributed by atoms with Crippen molar-refractivity contribution in [3.8, 4) is 0 Å². The van der Waals surface area contributed by atoms with E-state index in [1.165, 1.54) is 0 Å². The molecular formula is C14H17ClN4S. The summed E-state index contributed by atoms with van der Waals surface area (Å²) in [6.07, 6.45) is 1.15. The van der Waals surface area contributed by atoms with Gasteiger partial charge in [0.1, 0.15) is 15.4 Å². The zero-order valence-corrected chi connectivity index (χ0v) is 13.0. The third-order valence-corrected chi connectivity index (χ3v) is 4.23. The van der Waals surface area contributed by atoms with Gasteiger partial charge in [-0.1, -0.05) is 23.8 Å². The first-order chi connectivity index (χ1) is 9.63. The van der Waals surface area contributed by atoms with Crippen LogP contribution in [0, 0.1) is 4.64 Å². The zero-order valence-electron chi connectivity index (χ0n) is 11.4. The van der Waals surface area contributed by atoms with Crippen LogP contribution < -0.4 is 4.90 Å². The van der Waals surface area contributed by atoms with Crippen LogP contribution in [0.2, 0.25) is 5.15 Å². The fourth-order valence-corrected chi connectivity index (χ4v) is 3.00. The third-order valence-electron chi connectivity index (χ3n) is 3.71. The summed E-state index contributed by atoms with van der Waals surface area (Å²) in [7, 11) is 2.16. The number of aromatic amines is 1. The van der Waals surface area contributed by atoms with E-state index in [0.29, 0.717) is 5.15 Å². The highest BCUT2D eigenvalue weighted by molar-refractivity contribution is 7.71. The quantitative estimate of drug-likeness (QED) is 0.648. The van der Waals surface area contributed by atoms with Crippen molar-refractivity contribution in [3.05, 3.63) is 28.0 Å². The second-order valence-electron chi connectivity index (χ2n) is 5.20. The van der Waals surface area contributed by atoms with Gasteiger partial charge in [-0.2, -0.15) is 0 Å². The molecule has 3 rings (SSSR count). The van der Waals surface area contributed by atoms with Crippen LogP contribution in [-0.2, 0) is 0 Å². The highest BCUT2D eigenvalue weighted by atomic mass is 35.5. The Hall–Kier alpha value is -1.17. The van der Waals surface area contributed by atoms with Crippen molar-refractivity contribution in [2.45, 2.75) is 6.42 Å². The van der Waals surface area contributed by atoms with Crippen molar-refractivity contribution in [2.24, 2.45) is 0 Å². The van der Waals surface area contributed by atoms with E-state index in [1.54, 1.807) is 6.07 Å². The Morgan fingerprint density at radius 2 is 2.10 bits per heavy atom. The van der Waals surface area contributed by atoms with Gasteiger partial charge in [0.2, 0.25) is 0 Å². The Morgan fingerprint density at radius 1 is 1.25 bits per heavy atom. The smallest absolute Gasteiger partial charge is 0.140 e. The van der Waals surface area contributed by atoms with E-state index in [-0.39, 0.29) is 0 Å². The molecule has 0 bridgehead atoms. The van der Waals surface area contributed by atoms with Crippen LogP contribution in [0.4, 0.5) is 5.69 Å². The average Bonchev–Trinajstić information content (AvgIpc) is 2.63. The van der Waals surface area contributed by atoms with Crippen molar-refractivity contribution in [1.82, 2.24) is 14.9 Å². The van der Waals surface area contributed by atoms with Gasteiger partial charge in [-0.05, 0) is 38.2 Å². The maximum atomic E-state index is 5.92. The van der Waals surface area contributed by atoms with E-state index in [9.17, 15) is 0 Å². The number of nitrogens with zero attached hydrogens (tertiary/aromatic N) is 3. The minimum atomic E-state index is 0.479. The van der Waals surface area contributed by atoms with Crippen molar-refractivity contribution in [2.75, 3.05) is 38.1 Å². The van der Waals surface area contributed by atoms with E-state index in [2.05, 4.69) is 32.9 Å². The van der Waals surface area contributed by atoms with E-state index < -0.39 is 0 Å². The Labute approximate surface area is 128 Å². The summed E-state index contributed by atoms with van der Waals surface area (Å²) in [4.78, 5) is 12.2. The van der Waals surface area contributed by atoms with Gasteiger partial charge >= 0.3 is 0 Å². The molecular weight excluding hydrogens is 292 g/mol. The molecule has 3 heterocycles. The molecule has 1 saturated heterocycles. The number of hydrogen-bond donors (Lipinski definition) is 1. The predicted octanol–water partition coefficient (Wildman–Crippen LogP) is 3.09. The fraction of sp³-hybridized carbons (Fsp3) is 0.429. The monoisotopic (exact) mass is 308 g/mol. The fourth-order valence-electron chi connectivity index (χ4n) is 2.57. The van der Waals surface area contributed by atoms with Crippen molar-refractivity contribution in [3.63, 3.8) is 0 Å². The highest BCUT2D eigenvalue weighted by Gasteiger charge is 2.14. The Balaban J connectivity index is 2.00.